The molecule has 0 N–H and O–H groups in total. The largest absolute Gasteiger partial charge is 0.296 e. The quantitative estimate of drug-likeness (QED) is 0.370. The molecule has 0 unspecified atom stereocenters. The summed E-state index contributed by atoms with van der Waals surface area (Å²) in [5.41, 5.74) is 1.04. The zero-order valence-electron chi connectivity index (χ0n) is 14.3. The fourth-order valence-corrected chi connectivity index (χ4v) is 5.11. The van der Waals surface area contributed by atoms with Crippen molar-refractivity contribution in [3.63, 3.8) is 0 Å². The molecular weight excluding hydrogens is 336 g/mol. The molecule has 0 radical (unpaired) electrons. The van der Waals surface area contributed by atoms with Gasteiger partial charge in [0.2, 0.25) is 0 Å². The van der Waals surface area contributed by atoms with Gasteiger partial charge in [-0.15, -0.1) is 0 Å². The Hall–Kier alpha value is -1.43. The summed E-state index contributed by atoms with van der Waals surface area (Å²) in [7, 11) is -3.74. The van der Waals surface area contributed by atoms with Crippen molar-refractivity contribution in [1.82, 2.24) is 0 Å². The van der Waals surface area contributed by atoms with Crippen molar-refractivity contribution in [2.24, 2.45) is 0 Å². The Balaban J connectivity index is 1.57. The summed E-state index contributed by atoms with van der Waals surface area (Å²) in [5.74, 6) is 0. The smallest absolute Gasteiger partial charge is 0.266 e. The highest BCUT2D eigenvalue weighted by atomic mass is 32.2. The van der Waals surface area contributed by atoms with Crippen molar-refractivity contribution in [2.45, 2.75) is 43.5 Å². The highest BCUT2D eigenvalue weighted by Crippen LogP contribution is 2.14. The normalized spacial score (nSPS) is 12.0. The molecule has 5 heteroatoms. The van der Waals surface area contributed by atoms with Crippen molar-refractivity contribution >= 4 is 24.8 Å². The summed E-state index contributed by atoms with van der Waals surface area (Å²) in [6, 6.07) is 18.8. The van der Waals surface area contributed by atoms with E-state index in [9.17, 15) is 8.42 Å². The molecule has 2 aromatic rings. The van der Waals surface area contributed by atoms with Crippen LogP contribution in [0.25, 0.3) is 0 Å². The molecule has 0 atom stereocenters. The summed E-state index contributed by atoms with van der Waals surface area (Å²) < 4.78 is 29.1. The van der Waals surface area contributed by atoms with Gasteiger partial charge in [-0.25, -0.2) is 0 Å². The van der Waals surface area contributed by atoms with Crippen LogP contribution in [0.3, 0.4) is 0 Å². The van der Waals surface area contributed by atoms with E-state index in [0.29, 0.717) is 0 Å². The molecule has 0 aliphatic heterocycles. The molecule has 130 valence electrons. The monoisotopic (exact) mass is 362 g/mol. The molecule has 0 aliphatic carbocycles. The lowest BCUT2D eigenvalue weighted by Crippen LogP contribution is -2.12. The van der Waals surface area contributed by atoms with Crippen molar-refractivity contribution in [3.05, 3.63) is 60.2 Å². The topological polar surface area (TPSA) is 43.4 Å². The van der Waals surface area contributed by atoms with E-state index in [2.05, 4.69) is 30.3 Å². The second kappa shape index (κ2) is 9.76. The third-order valence-electron chi connectivity index (χ3n) is 4.00. The van der Waals surface area contributed by atoms with Crippen molar-refractivity contribution in [3.8, 4) is 0 Å². The zero-order valence-corrected chi connectivity index (χ0v) is 16.5. The first kappa shape index (κ1) is 18.9. The minimum Gasteiger partial charge on any atom is -0.266 e. The third-order valence-corrected chi connectivity index (χ3v) is 7.23. The Morgan fingerprint density at radius 3 is 2.25 bits per heavy atom. The Labute approximate surface area is 148 Å². The fraction of sp³-hybridized carbons (Fsp3) is 0.368. The molecule has 0 bridgehead atoms. The van der Waals surface area contributed by atoms with Gasteiger partial charge in [-0.2, -0.15) is 8.42 Å². The predicted molar refractivity (Wildman–Crippen MR) is 102 cm³/mol. The number of unbranched alkanes of at least 4 members (excludes halogenated alkanes) is 3. The van der Waals surface area contributed by atoms with E-state index >= 15 is 0 Å². The zero-order chi connectivity index (χ0) is 17.3. The first-order valence-electron chi connectivity index (χ1n) is 8.58. The highest BCUT2D eigenvalue weighted by Gasteiger charge is 2.14. The Morgan fingerprint density at radius 2 is 1.54 bits per heavy atom. The van der Waals surface area contributed by atoms with Gasteiger partial charge in [0.25, 0.3) is 10.1 Å². The number of hydrogen-bond donors (Lipinski definition) is 0. The summed E-state index contributed by atoms with van der Waals surface area (Å²) in [4.78, 5) is 0.238. The van der Waals surface area contributed by atoms with E-state index < -0.39 is 10.1 Å². The average molecular weight is 363 g/mol. The van der Waals surface area contributed by atoms with E-state index in [-0.39, 0.29) is 21.0 Å². The van der Waals surface area contributed by atoms with E-state index in [0.717, 1.165) is 24.8 Å². The molecule has 3 nitrogen and oxygen atoms in total. The van der Waals surface area contributed by atoms with Crippen molar-refractivity contribution in [2.75, 3.05) is 6.61 Å². The Morgan fingerprint density at radius 1 is 0.875 bits per heavy atom. The maximum atomic E-state index is 12.0. The average Bonchev–Trinajstić information content (AvgIpc) is 2.58. The first-order chi connectivity index (χ1) is 11.6. The van der Waals surface area contributed by atoms with Crippen LogP contribution < -0.4 is 5.19 Å². The SMILES string of the molecule is Cc1ccc(S(=O)(=O)OCCCCCC[SiH2]c2ccccc2)cc1. The molecule has 0 spiro atoms. The Kier molecular flexibility index (Phi) is 7.69. The molecule has 0 saturated heterocycles. The van der Waals surface area contributed by atoms with Gasteiger partial charge in [-0.05, 0) is 25.5 Å². The van der Waals surface area contributed by atoms with Gasteiger partial charge in [-0.1, -0.05) is 78.5 Å². The molecule has 0 heterocycles. The van der Waals surface area contributed by atoms with Crippen LogP contribution >= 0.6 is 0 Å². The summed E-state index contributed by atoms with van der Waals surface area (Å²) in [5, 5.41) is 1.52. The van der Waals surface area contributed by atoms with Crippen molar-refractivity contribution in [1.29, 1.82) is 0 Å². The van der Waals surface area contributed by atoms with E-state index in [1.165, 1.54) is 17.7 Å². The maximum Gasteiger partial charge on any atom is 0.296 e. The van der Waals surface area contributed by atoms with Gasteiger partial charge in [-0.3, -0.25) is 4.18 Å². The lowest BCUT2D eigenvalue weighted by molar-refractivity contribution is 0.307. The van der Waals surface area contributed by atoms with Gasteiger partial charge < -0.3 is 0 Å². The third kappa shape index (κ3) is 6.59. The molecule has 2 aromatic carbocycles. The van der Waals surface area contributed by atoms with Gasteiger partial charge >= 0.3 is 0 Å². The van der Waals surface area contributed by atoms with Crippen LogP contribution in [0.5, 0.6) is 0 Å². The molecule has 0 fully saturated rings. The first-order valence-corrected chi connectivity index (χ1v) is 11.7. The number of hydrogen-bond acceptors (Lipinski definition) is 3. The molecule has 0 saturated carbocycles. The fourth-order valence-electron chi connectivity index (χ4n) is 2.55. The van der Waals surface area contributed by atoms with Crippen LogP contribution in [-0.4, -0.2) is 24.5 Å². The highest BCUT2D eigenvalue weighted by molar-refractivity contribution is 7.86. The Bertz CT molecular complexity index is 697. The van der Waals surface area contributed by atoms with E-state index in [1.807, 2.05) is 6.92 Å². The standard InChI is InChI=1S/C19H26O3SSi/c1-17-11-13-18(14-12-17)23(20,21)22-15-7-2-3-8-16-24-19-9-5-4-6-10-19/h4-6,9-14H,2-3,7-8,15-16,24H2,1H3. The van der Waals surface area contributed by atoms with E-state index in [4.69, 9.17) is 4.18 Å². The molecule has 2 rings (SSSR count). The second-order valence-corrected chi connectivity index (χ2v) is 9.73. The number of benzene rings is 2. The number of aryl methyl sites for hydroxylation is 1. The van der Waals surface area contributed by atoms with Crippen LogP contribution in [0.4, 0.5) is 0 Å². The molecule has 0 aromatic heterocycles. The molecule has 0 aliphatic rings. The predicted octanol–water partition coefficient (Wildman–Crippen LogP) is 3.17. The molecule has 24 heavy (non-hydrogen) atoms. The minimum absolute atomic E-state index is 0.139. The van der Waals surface area contributed by atoms with E-state index in [1.54, 1.807) is 24.3 Å². The molecule has 0 amide bonds. The second-order valence-electron chi connectivity index (χ2n) is 6.09. The van der Waals surface area contributed by atoms with Crippen molar-refractivity contribution < 1.29 is 12.6 Å². The van der Waals surface area contributed by atoms with Crippen LogP contribution in [0.2, 0.25) is 6.04 Å². The summed E-state index contributed by atoms with van der Waals surface area (Å²) >= 11 is 0. The van der Waals surface area contributed by atoms with Crippen LogP contribution in [0.1, 0.15) is 31.2 Å². The maximum absolute atomic E-state index is 12.0. The van der Waals surface area contributed by atoms with Gasteiger partial charge in [0.15, 0.2) is 0 Å². The van der Waals surface area contributed by atoms with Gasteiger partial charge in [0, 0.05) is 0 Å². The summed E-state index contributed by atoms with van der Waals surface area (Å²) in [6.45, 7) is 2.20. The van der Waals surface area contributed by atoms with Gasteiger partial charge in [0.05, 0.1) is 21.0 Å². The van der Waals surface area contributed by atoms with Crippen LogP contribution in [0, 0.1) is 6.92 Å². The van der Waals surface area contributed by atoms with Crippen LogP contribution in [0.15, 0.2) is 59.5 Å². The molecular formula is C19H26O3SSi. The summed E-state index contributed by atoms with van der Waals surface area (Å²) in [6.07, 6.45) is 4.18. The lowest BCUT2D eigenvalue weighted by atomic mass is 10.2. The number of rotatable bonds is 10. The minimum atomic E-state index is -3.60. The van der Waals surface area contributed by atoms with Crippen LogP contribution in [-0.2, 0) is 14.3 Å². The lowest BCUT2D eigenvalue weighted by Gasteiger charge is -2.06. The van der Waals surface area contributed by atoms with Gasteiger partial charge in [0.1, 0.15) is 0 Å².